The summed E-state index contributed by atoms with van der Waals surface area (Å²) in [5.41, 5.74) is 2.11. The molecule has 0 atom stereocenters. The third-order valence-corrected chi connectivity index (χ3v) is 4.91. The van der Waals surface area contributed by atoms with Crippen LogP contribution in [0.3, 0.4) is 0 Å². The van der Waals surface area contributed by atoms with Gasteiger partial charge in [0.1, 0.15) is 23.1 Å². The largest absolute Gasteiger partial charge is 0.497 e. The SMILES string of the molecule is COc1ccc(-c2c[nH]c3c(C#N)c(-c4ccc(Cl)cc4Cl)nn3c2=O)cc1. The number of H-pyrrole nitrogens is 1. The van der Waals surface area contributed by atoms with Crippen LogP contribution >= 0.6 is 23.2 Å². The summed E-state index contributed by atoms with van der Waals surface area (Å²) in [6, 6.07) is 14.1. The Morgan fingerprint density at radius 2 is 1.89 bits per heavy atom. The summed E-state index contributed by atoms with van der Waals surface area (Å²) in [7, 11) is 1.57. The van der Waals surface area contributed by atoms with E-state index in [0.717, 1.165) is 0 Å². The lowest BCUT2D eigenvalue weighted by molar-refractivity contribution is 0.415. The van der Waals surface area contributed by atoms with E-state index in [0.29, 0.717) is 43.8 Å². The van der Waals surface area contributed by atoms with Crippen LogP contribution in [0.15, 0.2) is 53.5 Å². The molecule has 0 saturated carbocycles. The molecule has 1 N–H and O–H groups in total. The van der Waals surface area contributed by atoms with Crippen molar-refractivity contribution >= 4 is 28.8 Å². The zero-order valence-electron chi connectivity index (χ0n) is 14.5. The maximum atomic E-state index is 13.0. The molecule has 6 nitrogen and oxygen atoms in total. The van der Waals surface area contributed by atoms with Gasteiger partial charge in [0, 0.05) is 16.8 Å². The number of nitrogens with one attached hydrogen (secondary N) is 1. The fourth-order valence-electron chi connectivity index (χ4n) is 2.97. The highest BCUT2D eigenvalue weighted by Crippen LogP contribution is 2.32. The van der Waals surface area contributed by atoms with E-state index in [1.165, 1.54) is 4.52 Å². The third-order valence-electron chi connectivity index (χ3n) is 4.36. The van der Waals surface area contributed by atoms with Gasteiger partial charge in [0.05, 0.1) is 17.7 Å². The van der Waals surface area contributed by atoms with Gasteiger partial charge in [0.25, 0.3) is 5.56 Å². The molecule has 2 aromatic carbocycles. The van der Waals surface area contributed by atoms with Gasteiger partial charge in [-0.15, -0.1) is 0 Å². The van der Waals surface area contributed by atoms with Gasteiger partial charge in [0.15, 0.2) is 5.65 Å². The first-order chi connectivity index (χ1) is 13.5. The number of fused-ring (bicyclic) bond motifs is 1. The van der Waals surface area contributed by atoms with Gasteiger partial charge in [-0.05, 0) is 35.9 Å². The number of hydrogen-bond acceptors (Lipinski definition) is 4. The van der Waals surface area contributed by atoms with E-state index < -0.39 is 0 Å². The molecule has 28 heavy (non-hydrogen) atoms. The summed E-state index contributed by atoms with van der Waals surface area (Å²) in [5, 5.41) is 14.8. The Labute approximate surface area is 169 Å². The summed E-state index contributed by atoms with van der Waals surface area (Å²) in [5.74, 6) is 0.687. The molecule has 2 aromatic heterocycles. The van der Waals surface area contributed by atoms with Crippen molar-refractivity contribution in [3.63, 3.8) is 0 Å². The van der Waals surface area contributed by atoms with Crippen molar-refractivity contribution in [2.45, 2.75) is 0 Å². The summed E-state index contributed by atoms with van der Waals surface area (Å²) in [6.07, 6.45) is 1.56. The molecule has 0 aliphatic heterocycles. The predicted molar refractivity (Wildman–Crippen MR) is 108 cm³/mol. The van der Waals surface area contributed by atoms with E-state index in [2.05, 4.69) is 16.2 Å². The van der Waals surface area contributed by atoms with Crippen LogP contribution in [0.2, 0.25) is 10.0 Å². The maximum absolute atomic E-state index is 13.0. The van der Waals surface area contributed by atoms with Crippen molar-refractivity contribution in [1.29, 1.82) is 5.26 Å². The zero-order valence-corrected chi connectivity index (χ0v) is 16.0. The lowest BCUT2D eigenvalue weighted by atomic mass is 10.1. The van der Waals surface area contributed by atoms with Crippen LogP contribution < -0.4 is 10.3 Å². The smallest absolute Gasteiger partial charge is 0.282 e. The highest BCUT2D eigenvalue weighted by Gasteiger charge is 2.20. The number of ether oxygens (including phenoxy) is 1. The molecule has 0 spiro atoms. The van der Waals surface area contributed by atoms with Gasteiger partial charge < -0.3 is 9.72 Å². The molecule has 0 saturated heterocycles. The Morgan fingerprint density at radius 3 is 2.54 bits per heavy atom. The van der Waals surface area contributed by atoms with Gasteiger partial charge in [-0.2, -0.15) is 14.9 Å². The quantitative estimate of drug-likeness (QED) is 0.537. The third kappa shape index (κ3) is 2.91. The molecule has 4 rings (SSSR count). The maximum Gasteiger partial charge on any atom is 0.282 e. The molecule has 8 heteroatoms. The van der Waals surface area contributed by atoms with Gasteiger partial charge >= 0.3 is 0 Å². The average Bonchev–Trinajstić information content (AvgIpc) is 3.07. The van der Waals surface area contributed by atoms with Crippen LogP contribution in [0.1, 0.15) is 5.56 Å². The standard InChI is InChI=1S/C20H12Cl2N4O2/c1-28-13-5-2-11(3-6-13)16-10-24-19-15(9-23)18(25-26(19)20(16)27)14-7-4-12(21)8-17(14)22/h2-8,10,24H,1H3. The van der Waals surface area contributed by atoms with Crippen molar-refractivity contribution in [3.05, 3.63) is 74.6 Å². The first kappa shape index (κ1) is 18.1. The molecule has 0 unspecified atom stereocenters. The van der Waals surface area contributed by atoms with Gasteiger partial charge in [-0.3, -0.25) is 4.79 Å². The fourth-order valence-corrected chi connectivity index (χ4v) is 3.47. The Balaban J connectivity index is 1.94. The molecule has 0 fully saturated rings. The Kier molecular flexibility index (Phi) is 4.55. The molecule has 0 aliphatic carbocycles. The minimum Gasteiger partial charge on any atom is -0.497 e. The summed E-state index contributed by atoms with van der Waals surface area (Å²) in [6.45, 7) is 0. The molecule has 138 valence electrons. The number of methoxy groups -OCH3 is 1. The number of nitriles is 1. The van der Waals surface area contributed by atoms with Crippen LogP contribution in [0.4, 0.5) is 0 Å². The van der Waals surface area contributed by atoms with Crippen LogP contribution in [0.25, 0.3) is 28.0 Å². The summed E-state index contributed by atoms with van der Waals surface area (Å²) in [4.78, 5) is 16.0. The molecule has 2 heterocycles. The number of nitrogens with zero attached hydrogens (tertiary/aromatic N) is 3. The van der Waals surface area contributed by atoms with Crippen molar-refractivity contribution in [2.75, 3.05) is 7.11 Å². The highest BCUT2D eigenvalue weighted by atomic mass is 35.5. The second-order valence-electron chi connectivity index (χ2n) is 5.96. The molecule has 0 radical (unpaired) electrons. The molecule has 0 bridgehead atoms. The van der Waals surface area contributed by atoms with Crippen molar-refractivity contribution < 1.29 is 4.74 Å². The average molecular weight is 411 g/mol. The molecular formula is C20H12Cl2N4O2. The molecular weight excluding hydrogens is 399 g/mol. The van der Waals surface area contributed by atoms with Crippen LogP contribution in [0.5, 0.6) is 5.75 Å². The molecule has 0 amide bonds. The number of halogens is 2. The van der Waals surface area contributed by atoms with E-state index in [4.69, 9.17) is 27.9 Å². The number of aromatic nitrogens is 3. The van der Waals surface area contributed by atoms with E-state index >= 15 is 0 Å². The van der Waals surface area contributed by atoms with Crippen LogP contribution in [0, 0.1) is 11.3 Å². The Bertz CT molecular complexity index is 1300. The second-order valence-corrected chi connectivity index (χ2v) is 6.80. The highest BCUT2D eigenvalue weighted by molar-refractivity contribution is 6.36. The van der Waals surface area contributed by atoms with Crippen molar-refractivity contribution in [2.24, 2.45) is 0 Å². The predicted octanol–water partition coefficient (Wildman–Crippen LogP) is 4.54. The summed E-state index contributed by atoms with van der Waals surface area (Å²) >= 11 is 12.2. The number of hydrogen-bond donors (Lipinski definition) is 1. The first-order valence-electron chi connectivity index (χ1n) is 8.18. The van der Waals surface area contributed by atoms with Crippen molar-refractivity contribution in [1.82, 2.24) is 14.6 Å². The van der Waals surface area contributed by atoms with Crippen LogP contribution in [-0.2, 0) is 0 Å². The minimum atomic E-state index is -0.355. The summed E-state index contributed by atoms with van der Waals surface area (Å²) < 4.78 is 6.33. The monoisotopic (exact) mass is 410 g/mol. The lowest BCUT2D eigenvalue weighted by Gasteiger charge is -2.03. The number of rotatable bonds is 3. The topological polar surface area (TPSA) is 83.2 Å². The van der Waals surface area contributed by atoms with E-state index in [1.807, 2.05) is 0 Å². The fraction of sp³-hybridized carbons (Fsp3) is 0.0500. The Hall–Kier alpha value is -3.27. The molecule has 4 aromatic rings. The second kappa shape index (κ2) is 7.04. The zero-order chi connectivity index (χ0) is 19.8. The van der Waals surface area contributed by atoms with Crippen LogP contribution in [-0.4, -0.2) is 21.7 Å². The van der Waals surface area contributed by atoms with Gasteiger partial charge in [-0.25, -0.2) is 0 Å². The van der Waals surface area contributed by atoms with Gasteiger partial charge in [0.2, 0.25) is 0 Å². The van der Waals surface area contributed by atoms with Gasteiger partial charge in [-0.1, -0.05) is 35.3 Å². The lowest BCUT2D eigenvalue weighted by Crippen LogP contribution is -2.17. The first-order valence-corrected chi connectivity index (χ1v) is 8.93. The number of benzene rings is 2. The van der Waals surface area contributed by atoms with E-state index in [-0.39, 0.29) is 11.1 Å². The van der Waals surface area contributed by atoms with E-state index in [1.54, 1.807) is 55.8 Å². The number of aromatic amines is 1. The van der Waals surface area contributed by atoms with Crippen molar-refractivity contribution in [3.8, 4) is 34.2 Å². The Morgan fingerprint density at radius 1 is 1.14 bits per heavy atom. The molecule has 0 aliphatic rings. The normalized spacial score (nSPS) is 10.8. The van der Waals surface area contributed by atoms with E-state index in [9.17, 15) is 10.1 Å². The minimum absolute atomic E-state index is 0.225.